The first-order valence-corrected chi connectivity index (χ1v) is 7.25. The minimum atomic E-state index is -0.184. The molecule has 0 spiro atoms. The maximum atomic E-state index is 6.15. The first kappa shape index (κ1) is 13.8. The SMILES string of the molecule is CCOC1(C(NN)C2=CCCO2)CCCCCC1. The molecular weight excluding hydrogens is 228 g/mol. The highest BCUT2D eigenvalue weighted by molar-refractivity contribution is 5.14. The first-order chi connectivity index (χ1) is 8.82. The fourth-order valence-electron chi connectivity index (χ4n) is 3.26. The Morgan fingerprint density at radius 2 is 2.11 bits per heavy atom. The second-order valence-electron chi connectivity index (χ2n) is 5.26. The van der Waals surface area contributed by atoms with Gasteiger partial charge in [-0.3, -0.25) is 5.84 Å². The van der Waals surface area contributed by atoms with E-state index in [9.17, 15) is 0 Å². The lowest BCUT2D eigenvalue weighted by Gasteiger charge is -2.39. The summed E-state index contributed by atoms with van der Waals surface area (Å²) in [6.07, 6.45) is 10.3. The molecule has 1 aliphatic heterocycles. The number of hydrogen-bond donors (Lipinski definition) is 2. The average molecular weight is 254 g/mol. The fraction of sp³-hybridized carbons (Fsp3) is 0.857. The maximum absolute atomic E-state index is 6.15. The lowest BCUT2D eigenvalue weighted by molar-refractivity contribution is -0.0777. The topological polar surface area (TPSA) is 56.5 Å². The molecule has 0 aromatic heterocycles. The molecule has 0 radical (unpaired) electrons. The largest absolute Gasteiger partial charge is 0.496 e. The summed E-state index contributed by atoms with van der Waals surface area (Å²) in [5.74, 6) is 6.78. The third-order valence-electron chi connectivity index (χ3n) is 4.09. The Balaban J connectivity index is 2.19. The summed E-state index contributed by atoms with van der Waals surface area (Å²) in [6, 6.07) is -0.00181. The number of hydrogen-bond acceptors (Lipinski definition) is 4. The molecule has 0 aromatic rings. The normalized spacial score (nSPS) is 25.1. The average Bonchev–Trinajstić information content (AvgIpc) is 2.78. The van der Waals surface area contributed by atoms with Crippen LogP contribution in [0, 0.1) is 0 Å². The molecule has 104 valence electrons. The second-order valence-corrected chi connectivity index (χ2v) is 5.26. The van der Waals surface area contributed by atoms with Crippen LogP contribution in [0.2, 0.25) is 0 Å². The Hall–Kier alpha value is -0.580. The third-order valence-corrected chi connectivity index (χ3v) is 4.09. The highest BCUT2D eigenvalue weighted by Gasteiger charge is 2.42. The molecule has 3 N–H and O–H groups in total. The zero-order valence-corrected chi connectivity index (χ0v) is 11.4. The number of nitrogens with two attached hydrogens (primary N) is 1. The van der Waals surface area contributed by atoms with Gasteiger partial charge < -0.3 is 9.47 Å². The Bertz CT molecular complexity index is 284. The molecule has 18 heavy (non-hydrogen) atoms. The fourth-order valence-corrected chi connectivity index (χ4v) is 3.26. The molecular formula is C14H26N2O2. The van der Waals surface area contributed by atoms with Gasteiger partial charge in [0.2, 0.25) is 0 Å². The second kappa shape index (κ2) is 6.55. The molecule has 1 unspecified atom stereocenters. The van der Waals surface area contributed by atoms with Gasteiger partial charge in [0.05, 0.1) is 12.2 Å². The van der Waals surface area contributed by atoms with Crippen molar-refractivity contribution in [2.75, 3.05) is 13.2 Å². The Labute approximate surface area is 110 Å². The summed E-state index contributed by atoms with van der Waals surface area (Å²) in [7, 11) is 0. The number of ether oxygens (including phenoxy) is 2. The quantitative estimate of drug-likeness (QED) is 0.449. The van der Waals surface area contributed by atoms with Gasteiger partial charge in [0.15, 0.2) is 0 Å². The Kier molecular flexibility index (Phi) is 5.03. The van der Waals surface area contributed by atoms with Crippen LogP contribution >= 0.6 is 0 Å². The van der Waals surface area contributed by atoms with Crippen LogP contribution in [-0.2, 0) is 9.47 Å². The molecule has 2 aliphatic rings. The van der Waals surface area contributed by atoms with E-state index in [1.54, 1.807) is 0 Å². The molecule has 0 bridgehead atoms. The van der Waals surface area contributed by atoms with Gasteiger partial charge in [-0.1, -0.05) is 25.7 Å². The molecule has 4 heteroatoms. The van der Waals surface area contributed by atoms with Gasteiger partial charge in [0.25, 0.3) is 0 Å². The monoisotopic (exact) mass is 254 g/mol. The summed E-state index contributed by atoms with van der Waals surface area (Å²) in [5, 5.41) is 0. The predicted octanol–water partition coefficient (Wildman–Crippen LogP) is 2.25. The van der Waals surface area contributed by atoms with Gasteiger partial charge in [-0.05, 0) is 25.8 Å². The van der Waals surface area contributed by atoms with Gasteiger partial charge >= 0.3 is 0 Å². The molecule has 1 atom stereocenters. The van der Waals surface area contributed by atoms with Crippen LogP contribution in [0.1, 0.15) is 51.9 Å². The molecule has 1 aliphatic carbocycles. The molecule has 1 fully saturated rings. The number of hydrazine groups is 1. The van der Waals surface area contributed by atoms with Crippen molar-refractivity contribution in [3.05, 3.63) is 11.8 Å². The zero-order chi connectivity index (χ0) is 12.8. The van der Waals surface area contributed by atoms with Gasteiger partial charge in [0, 0.05) is 13.0 Å². The minimum Gasteiger partial charge on any atom is -0.496 e. The van der Waals surface area contributed by atoms with Gasteiger partial charge in [-0.15, -0.1) is 0 Å². The molecule has 1 saturated carbocycles. The molecule has 0 aromatic carbocycles. The predicted molar refractivity (Wildman–Crippen MR) is 71.8 cm³/mol. The third kappa shape index (κ3) is 2.87. The van der Waals surface area contributed by atoms with E-state index in [1.807, 2.05) is 0 Å². The van der Waals surface area contributed by atoms with Crippen LogP contribution in [0.25, 0.3) is 0 Å². The lowest BCUT2D eigenvalue weighted by Crippen LogP contribution is -2.56. The van der Waals surface area contributed by atoms with Crippen molar-refractivity contribution in [1.29, 1.82) is 0 Å². The van der Waals surface area contributed by atoms with Crippen molar-refractivity contribution in [3.8, 4) is 0 Å². The van der Waals surface area contributed by atoms with Crippen LogP contribution in [0.4, 0.5) is 0 Å². The van der Waals surface area contributed by atoms with Gasteiger partial charge in [0.1, 0.15) is 11.8 Å². The van der Waals surface area contributed by atoms with E-state index in [1.165, 1.54) is 25.7 Å². The summed E-state index contributed by atoms with van der Waals surface area (Å²) >= 11 is 0. The van der Waals surface area contributed by atoms with Crippen molar-refractivity contribution in [1.82, 2.24) is 5.43 Å². The summed E-state index contributed by atoms with van der Waals surface area (Å²) in [4.78, 5) is 0. The minimum absolute atomic E-state index is 0.00181. The van der Waals surface area contributed by atoms with Crippen LogP contribution in [0.15, 0.2) is 11.8 Å². The number of nitrogens with one attached hydrogen (secondary N) is 1. The smallest absolute Gasteiger partial charge is 0.113 e. The molecule has 2 rings (SSSR count). The Morgan fingerprint density at radius 1 is 1.39 bits per heavy atom. The van der Waals surface area contributed by atoms with Crippen LogP contribution in [-0.4, -0.2) is 24.9 Å². The molecule has 0 amide bonds. The van der Waals surface area contributed by atoms with Crippen molar-refractivity contribution < 1.29 is 9.47 Å². The highest BCUT2D eigenvalue weighted by Crippen LogP contribution is 2.37. The van der Waals surface area contributed by atoms with Crippen LogP contribution in [0.5, 0.6) is 0 Å². The van der Waals surface area contributed by atoms with Crippen molar-refractivity contribution in [3.63, 3.8) is 0 Å². The highest BCUT2D eigenvalue weighted by atomic mass is 16.5. The van der Waals surface area contributed by atoms with E-state index in [0.717, 1.165) is 38.2 Å². The first-order valence-electron chi connectivity index (χ1n) is 7.25. The molecule has 1 heterocycles. The number of rotatable bonds is 5. The summed E-state index contributed by atoms with van der Waals surface area (Å²) in [6.45, 7) is 3.56. The van der Waals surface area contributed by atoms with E-state index in [2.05, 4.69) is 18.4 Å². The van der Waals surface area contributed by atoms with Crippen molar-refractivity contribution >= 4 is 0 Å². The van der Waals surface area contributed by atoms with Crippen LogP contribution in [0.3, 0.4) is 0 Å². The van der Waals surface area contributed by atoms with Crippen LogP contribution < -0.4 is 11.3 Å². The summed E-state index contributed by atoms with van der Waals surface area (Å²) < 4.78 is 11.9. The van der Waals surface area contributed by atoms with E-state index in [-0.39, 0.29) is 11.6 Å². The molecule has 0 saturated heterocycles. The lowest BCUT2D eigenvalue weighted by atomic mass is 9.85. The van der Waals surface area contributed by atoms with Crippen molar-refractivity contribution in [2.24, 2.45) is 5.84 Å². The van der Waals surface area contributed by atoms with Crippen molar-refractivity contribution in [2.45, 2.75) is 63.5 Å². The van der Waals surface area contributed by atoms with E-state index in [4.69, 9.17) is 15.3 Å². The molecule has 4 nitrogen and oxygen atoms in total. The van der Waals surface area contributed by atoms with E-state index in [0.29, 0.717) is 0 Å². The van der Waals surface area contributed by atoms with E-state index < -0.39 is 0 Å². The van der Waals surface area contributed by atoms with Gasteiger partial charge in [-0.2, -0.15) is 0 Å². The summed E-state index contributed by atoms with van der Waals surface area (Å²) in [5.41, 5.74) is 2.76. The van der Waals surface area contributed by atoms with Gasteiger partial charge in [-0.25, -0.2) is 5.43 Å². The maximum Gasteiger partial charge on any atom is 0.113 e. The zero-order valence-electron chi connectivity index (χ0n) is 11.4. The standard InChI is InChI=1S/C14H26N2O2/c1-2-18-14(9-5-3-4-6-10-14)13(16-15)12-8-7-11-17-12/h8,13,16H,2-7,9-11,15H2,1H3. The van der Waals surface area contributed by atoms with E-state index >= 15 is 0 Å². The Morgan fingerprint density at radius 3 is 2.61 bits per heavy atom.